The number of anilines is 1. The van der Waals surface area contributed by atoms with Crippen LogP contribution in [-0.4, -0.2) is 46.6 Å². The predicted molar refractivity (Wildman–Crippen MR) is 122 cm³/mol. The SMILES string of the molecule is CC(C)(C)OC(=O)N[C@@H](CCCN)C(=O)Nc1ccc(OC(=O)O)c(-c2cccc(O)c2)c1. The zero-order chi connectivity index (χ0) is 24.6. The average molecular weight is 459 g/mol. The molecule has 0 saturated heterocycles. The van der Waals surface area contributed by atoms with Crippen LogP contribution in [0.3, 0.4) is 0 Å². The van der Waals surface area contributed by atoms with Crippen LogP contribution in [-0.2, 0) is 9.53 Å². The summed E-state index contributed by atoms with van der Waals surface area (Å²) in [5.74, 6) is -0.493. The monoisotopic (exact) mass is 459 g/mol. The summed E-state index contributed by atoms with van der Waals surface area (Å²) in [6.45, 7) is 5.48. The van der Waals surface area contributed by atoms with Crippen LogP contribution in [0.15, 0.2) is 42.5 Å². The van der Waals surface area contributed by atoms with Crippen molar-refractivity contribution in [2.24, 2.45) is 5.73 Å². The molecule has 0 aliphatic heterocycles. The average Bonchev–Trinajstić information content (AvgIpc) is 2.70. The molecule has 0 aromatic heterocycles. The topological polar surface area (TPSA) is 160 Å². The molecule has 2 amide bonds. The van der Waals surface area contributed by atoms with Crippen molar-refractivity contribution in [2.75, 3.05) is 11.9 Å². The molecule has 0 heterocycles. The summed E-state index contributed by atoms with van der Waals surface area (Å²) in [5, 5.41) is 24.1. The number of carbonyl (C=O) groups excluding carboxylic acids is 2. The number of ether oxygens (including phenoxy) is 2. The Morgan fingerprint density at radius 3 is 2.45 bits per heavy atom. The first-order valence-corrected chi connectivity index (χ1v) is 10.3. The Balaban J connectivity index is 2.28. The van der Waals surface area contributed by atoms with Gasteiger partial charge in [0.1, 0.15) is 23.1 Å². The third-order valence-electron chi connectivity index (χ3n) is 4.31. The molecule has 0 unspecified atom stereocenters. The summed E-state index contributed by atoms with van der Waals surface area (Å²) in [7, 11) is 0. The number of hydrogen-bond donors (Lipinski definition) is 5. The van der Waals surface area contributed by atoms with Crippen LogP contribution >= 0.6 is 0 Å². The van der Waals surface area contributed by atoms with Gasteiger partial charge in [-0.25, -0.2) is 9.59 Å². The van der Waals surface area contributed by atoms with Gasteiger partial charge in [-0.2, -0.15) is 0 Å². The lowest BCUT2D eigenvalue weighted by molar-refractivity contribution is -0.118. The molecule has 33 heavy (non-hydrogen) atoms. The number of phenols is 1. The largest absolute Gasteiger partial charge is 0.511 e. The normalized spacial score (nSPS) is 11.9. The Morgan fingerprint density at radius 2 is 1.85 bits per heavy atom. The number of nitrogens with one attached hydrogen (secondary N) is 2. The number of carbonyl (C=O) groups is 3. The first kappa shape index (κ1) is 25.5. The molecule has 10 nitrogen and oxygen atoms in total. The Hall–Kier alpha value is -3.79. The van der Waals surface area contributed by atoms with E-state index in [1.807, 2.05) is 0 Å². The van der Waals surface area contributed by atoms with Gasteiger partial charge >= 0.3 is 12.2 Å². The van der Waals surface area contributed by atoms with Crippen LogP contribution in [0.5, 0.6) is 11.5 Å². The minimum Gasteiger partial charge on any atom is -0.508 e. The molecule has 178 valence electrons. The van der Waals surface area contributed by atoms with Crippen molar-refractivity contribution in [3.8, 4) is 22.6 Å². The molecule has 0 saturated carbocycles. The third-order valence-corrected chi connectivity index (χ3v) is 4.31. The van der Waals surface area contributed by atoms with E-state index in [2.05, 4.69) is 10.6 Å². The van der Waals surface area contributed by atoms with E-state index in [0.29, 0.717) is 36.2 Å². The third kappa shape index (κ3) is 8.34. The van der Waals surface area contributed by atoms with Gasteiger partial charge in [0.05, 0.1) is 0 Å². The van der Waals surface area contributed by atoms with Crippen molar-refractivity contribution in [3.05, 3.63) is 42.5 Å². The molecule has 0 bridgehead atoms. The summed E-state index contributed by atoms with van der Waals surface area (Å²) >= 11 is 0. The Bertz CT molecular complexity index is 1000. The molecule has 0 spiro atoms. The molecule has 2 rings (SSSR count). The van der Waals surface area contributed by atoms with E-state index in [4.69, 9.17) is 20.3 Å². The number of hydrogen-bond acceptors (Lipinski definition) is 7. The molecule has 2 aromatic rings. The Labute approximate surface area is 191 Å². The van der Waals surface area contributed by atoms with Gasteiger partial charge in [-0.3, -0.25) is 4.79 Å². The molecule has 1 atom stereocenters. The van der Waals surface area contributed by atoms with E-state index in [1.54, 1.807) is 32.9 Å². The van der Waals surface area contributed by atoms with Gasteiger partial charge in [0.25, 0.3) is 0 Å². The van der Waals surface area contributed by atoms with Gasteiger partial charge < -0.3 is 36.1 Å². The van der Waals surface area contributed by atoms with Crippen molar-refractivity contribution in [2.45, 2.75) is 45.3 Å². The van der Waals surface area contributed by atoms with E-state index in [9.17, 15) is 19.5 Å². The second-order valence-electron chi connectivity index (χ2n) is 8.25. The van der Waals surface area contributed by atoms with Crippen molar-refractivity contribution >= 4 is 23.8 Å². The minimum atomic E-state index is -1.50. The van der Waals surface area contributed by atoms with Crippen LogP contribution < -0.4 is 21.1 Å². The first-order chi connectivity index (χ1) is 15.5. The van der Waals surface area contributed by atoms with Gasteiger partial charge in [-0.15, -0.1) is 0 Å². The predicted octanol–water partition coefficient (Wildman–Crippen LogP) is 3.69. The fourth-order valence-corrected chi connectivity index (χ4v) is 2.96. The number of alkyl carbamates (subject to hydrolysis) is 1. The van der Waals surface area contributed by atoms with Crippen LogP contribution in [0.4, 0.5) is 15.3 Å². The highest BCUT2D eigenvalue weighted by Gasteiger charge is 2.24. The van der Waals surface area contributed by atoms with Crippen LogP contribution in [0.25, 0.3) is 11.1 Å². The lowest BCUT2D eigenvalue weighted by Crippen LogP contribution is -2.46. The molecular weight excluding hydrogens is 430 g/mol. The number of nitrogens with two attached hydrogens (primary N) is 1. The minimum absolute atomic E-state index is 0.0216. The van der Waals surface area contributed by atoms with Gasteiger partial charge in [0, 0.05) is 11.3 Å². The molecule has 6 N–H and O–H groups in total. The zero-order valence-corrected chi connectivity index (χ0v) is 18.8. The fourth-order valence-electron chi connectivity index (χ4n) is 2.96. The number of amides is 2. The smallest absolute Gasteiger partial charge is 0.508 e. The Morgan fingerprint density at radius 1 is 1.12 bits per heavy atom. The number of aromatic hydroxyl groups is 1. The first-order valence-electron chi connectivity index (χ1n) is 10.3. The van der Waals surface area contributed by atoms with Crippen molar-refractivity contribution in [1.29, 1.82) is 0 Å². The van der Waals surface area contributed by atoms with Crippen molar-refractivity contribution < 1.29 is 34.1 Å². The molecule has 2 aromatic carbocycles. The second-order valence-corrected chi connectivity index (χ2v) is 8.25. The van der Waals surface area contributed by atoms with Gasteiger partial charge in [0.15, 0.2) is 0 Å². The van der Waals surface area contributed by atoms with E-state index in [0.717, 1.165) is 0 Å². The molecule has 10 heteroatoms. The molecular formula is C23H29N3O7. The molecule has 0 aliphatic carbocycles. The quantitative estimate of drug-likeness (QED) is 0.295. The maximum atomic E-state index is 12.9. The Kier molecular flexibility index (Phi) is 8.63. The summed E-state index contributed by atoms with van der Waals surface area (Å²) in [6, 6.07) is 9.62. The highest BCUT2D eigenvalue weighted by molar-refractivity contribution is 5.97. The van der Waals surface area contributed by atoms with E-state index in [-0.39, 0.29) is 11.5 Å². The van der Waals surface area contributed by atoms with Gasteiger partial charge in [-0.1, -0.05) is 12.1 Å². The number of rotatable bonds is 8. The van der Waals surface area contributed by atoms with Crippen LogP contribution in [0, 0.1) is 0 Å². The second kappa shape index (κ2) is 11.2. The van der Waals surface area contributed by atoms with E-state index < -0.39 is 29.8 Å². The molecule has 0 radical (unpaired) electrons. The van der Waals surface area contributed by atoms with Crippen molar-refractivity contribution in [3.63, 3.8) is 0 Å². The van der Waals surface area contributed by atoms with Gasteiger partial charge in [-0.05, 0) is 76.1 Å². The molecule has 0 aliphatic rings. The molecule has 0 fully saturated rings. The van der Waals surface area contributed by atoms with Crippen LogP contribution in [0.1, 0.15) is 33.6 Å². The summed E-state index contributed by atoms with van der Waals surface area (Å²) in [4.78, 5) is 36.1. The number of carboxylic acid groups (broad SMARTS) is 1. The fraction of sp³-hybridized carbons (Fsp3) is 0.348. The van der Waals surface area contributed by atoms with Crippen LogP contribution in [0.2, 0.25) is 0 Å². The zero-order valence-electron chi connectivity index (χ0n) is 18.8. The highest BCUT2D eigenvalue weighted by Crippen LogP contribution is 2.34. The summed E-state index contributed by atoms with van der Waals surface area (Å²) in [6.07, 6.45) is -1.45. The summed E-state index contributed by atoms with van der Waals surface area (Å²) < 4.78 is 10.1. The maximum Gasteiger partial charge on any atom is 0.511 e. The number of benzene rings is 2. The van der Waals surface area contributed by atoms with E-state index in [1.165, 1.54) is 30.3 Å². The highest BCUT2D eigenvalue weighted by atomic mass is 16.7. The standard InChI is InChI=1S/C23H29N3O7/c1-23(2,3)33-21(29)26-18(8-5-11-24)20(28)25-15-9-10-19(32-22(30)31)17(13-15)14-6-4-7-16(27)12-14/h4,6-7,9-10,12-13,18,27H,5,8,11,24H2,1-3H3,(H,25,28)(H,26,29)(H,30,31)/t18-/m0/s1. The van der Waals surface area contributed by atoms with E-state index >= 15 is 0 Å². The van der Waals surface area contributed by atoms with Gasteiger partial charge in [0.2, 0.25) is 5.91 Å². The van der Waals surface area contributed by atoms with Crippen molar-refractivity contribution in [1.82, 2.24) is 5.32 Å². The maximum absolute atomic E-state index is 12.9. The number of phenolic OH excluding ortho intramolecular Hbond substituents is 1. The lowest BCUT2D eigenvalue weighted by Gasteiger charge is -2.23. The summed E-state index contributed by atoms with van der Waals surface area (Å²) in [5.41, 5.74) is 5.98. The lowest BCUT2D eigenvalue weighted by atomic mass is 10.0.